The molecule has 7 heteroatoms. The van der Waals surface area contributed by atoms with Crippen LogP contribution >= 0.6 is 0 Å². The highest BCUT2D eigenvalue weighted by Crippen LogP contribution is 2.17. The van der Waals surface area contributed by atoms with Crippen LogP contribution in [-0.2, 0) is 4.74 Å². The molecule has 1 aliphatic heterocycles. The van der Waals surface area contributed by atoms with E-state index in [1.54, 1.807) is 0 Å². The second-order valence-electron chi connectivity index (χ2n) is 4.10. The van der Waals surface area contributed by atoms with Gasteiger partial charge < -0.3 is 20.5 Å². The maximum atomic E-state index is 12.6. The van der Waals surface area contributed by atoms with Gasteiger partial charge in [-0.2, -0.15) is 0 Å². The van der Waals surface area contributed by atoms with Crippen molar-refractivity contribution in [3.63, 3.8) is 0 Å². The van der Waals surface area contributed by atoms with Gasteiger partial charge in [-0.25, -0.2) is 13.6 Å². The first-order valence-electron chi connectivity index (χ1n) is 5.02. The summed E-state index contributed by atoms with van der Waals surface area (Å²) in [6, 6.07) is -0.391. The lowest BCUT2D eigenvalue weighted by Crippen LogP contribution is -2.53. The molecule has 0 radical (unpaired) electrons. The molecule has 1 rings (SSSR count). The normalized spacial score (nSPS) is 26.9. The number of nitrogens with two attached hydrogens (primary N) is 1. The van der Waals surface area contributed by atoms with E-state index >= 15 is 0 Å². The molecular weight excluding hydrogens is 222 g/mol. The van der Waals surface area contributed by atoms with Crippen LogP contribution in [0.15, 0.2) is 0 Å². The molecule has 16 heavy (non-hydrogen) atoms. The maximum absolute atomic E-state index is 12.6. The Morgan fingerprint density at radius 2 is 2.31 bits per heavy atom. The van der Waals surface area contributed by atoms with Crippen LogP contribution in [0.4, 0.5) is 13.6 Å². The van der Waals surface area contributed by atoms with Crippen LogP contribution in [0.25, 0.3) is 0 Å². The van der Waals surface area contributed by atoms with E-state index in [0.29, 0.717) is 13.0 Å². The van der Waals surface area contributed by atoms with Crippen LogP contribution in [0.5, 0.6) is 0 Å². The maximum Gasteiger partial charge on any atom is 0.407 e. The summed E-state index contributed by atoms with van der Waals surface area (Å²) in [6.45, 7) is 0.376. The third-order valence-electron chi connectivity index (χ3n) is 2.43. The third-order valence-corrected chi connectivity index (χ3v) is 2.43. The minimum Gasteiger partial charge on any atom is -0.465 e. The van der Waals surface area contributed by atoms with E-state index in [0.717, 1.165) is 11.8 Å². The van der Waals surface area contributed by atoms with Crippen molar-refractivity contribution in [3.8, 4) is 0 Å². The van der Waals surface area contributed by atoms with Crippen molar-refractivity contribution >= 4 is 6.09 Å². The number of carbonyl (C=O) groups is 1. The molecule has 0 aromatic rings. The number of ether oxygens (including phenoxy) is 1. The summed E-state index contributed by atoms with van der Waals surface area (Å²) >= 11 is 0. The molecule has 0 bridgehead atoms. The van der Waals surface area contributed by atoms with Gasteiger partial charge in [0.1, 0.15) is 6.61 Å². The molecule has 3 N–H and O–H groups in total. The smallest absolute Gasteiger partial charge is 0.407 e. The van der Waals surface area contributed by atoms with Crippen LogP contribution in [-0.4, -0.2) is 53.9 Å². The first kappa shape index (κ1) is 13.1. The molecule has 5 nitrogen and oxygen atoms in total. The Morgan fingerprint density at radius 3 is 2.81 bits per heavy atom. The highest BCUT2D eigenvalue weighted by molar-refractivity contribution is 5.65. The number of likely N-dealkylation sites (tertiary alicyclic amines) is 1. The monoisotopic (exact) mass is 238 g/mol. The molecule has 1 fully saturated rings. The number of alkyl halides is 2. The Kier molecular flexibility index (Phi) is 4.03. The number of hydrogen-bond donors (Lipinski definition) is 2. The summed E-state index contributed by atoms with van der Waals surface area (Å²) in [5, 5.41) is 8.75. The number of piperidine rings is 1. The van der Waals surface area contributed by atoms with Gasteiger partial charge in [0.25, 0.3) is 5.92 Å². The molecule has 0 aromatic carbocycles. The van der Waals surface area contributed by atoms with E-state index < -0.39 is 30.8 Å². The van der Waals surface area contributed by atoms with Crippen molar-refractivity contribution in [2.45, 2.75) is 31.4 Å². The van der Waals surface area contributed by atoms with E-state index in [1.165, 1.54) is 0 Å². The molecular formula is C9H16F2N2O3. The zero-order chi connectivity index (χ0) is 12.3. The van der Waals surface area contributed by atoms with Gasteiger partial charge in [0, 0.05) is 19.5 Å². The fourth-order valence-corrected chi connectivity index (χ4v) is 1.54. The first-order chi connectivity index (χ1) is 7.29. The summed E-state index contributed by atoms with van der Waals surface area (Å²) in [4.78, 5) is 11.8. The van der Waals surface area contributed by atoms with Gasteiger partial charge in [0.15, 0.2) is 0 Å². The minimum atomic E-state index is -2.93. The molecule has 1 amide bonds. The van der Waals surface area contributed by atoms with E-state index in [-0.39, 0.29) is 6.54 Å². The summed E-state index contributed by atoms with van der Waals surface area (Å²) in [5.74, 6) is -2.93. The first-order valence-corrected chi connectivity index (χ1v) is 5.02. The Labute approximate surface area is 92.2 Å². The zero-order valence-electron chi connectivity index (χ0n) is 9.03. The van der Waals surface area contributed by atoms with E-state index in [2.05, 4.69) is 0 Å². The molecule has 1 heterocycles. The summed E-state index contributed by atoms with van der Waals surface area (Å²) in [5.41, 5.74) is 5.68. The van der Waals surface area contributed by atoms with E-state index in [4.69, 9.17) is 15.6 Å². The number of rotatable bonds is 3. The molecule has 2 atom stereocenters. The molecule has 1 aliphatic rings. The summed E-state index contributed by atoms with van der Waals surface area (Å²) in [6.07, 6.45) is -1.31. The van der Waals surface area contributed by atoms with Gasteiger partial charge in [-0.15, -0.1) is 0 Å². The van der Waals surface area contributed by atoms with Gasteiger partial charge in [-0.1, -0.05) is 0 Å². The summed E-state index contributed by atoms with van der Waals surface area (Å²) in [7, 11) is 0. The van der Waals surface area contributed by atoms with Gasteiger partial charge in [0.2, 0.25) is 0 Å². The Morgan fingerprint density at radius 1 is 1.69 bits per heavy atom. The Hall–Kier alpha value is -0.950. The molecule has 2 unspecified atom stereocenters. The standard InChI is InChI=1S/C9H16F2N2O3/c1-9(10,11)5-16-7-4-13(8(14)15)3-2-6(7)12/h6-7H,2-5,12H2,1H3,(H,14,15). The van der Waals surface area contributed by atoms with Gasteiger partial charge in [-0.3, -0.25) is 0 Å². The van der Waals surface area contributed by atoms with Crippen molar-refractivity contribution in [1.82, 2.24) is 4.90 Å². The molecule has 0 saturated carbocycles. The van der Waals surface area contributed by atoms with Crippen molar-refractivity contribution < 1.29 is 23.4 Å². The molecule has 0 aromatic heterocycles. The SMILES string of the molecule is CC(F)(F)COC1CN(C(=O)O)CCC1N. The van der Waals surface area contributed by atoms with Crippen LogP contribution in [0.1, 0.15) is 13.3 Å². The van der Waals surface area contributed by atoms with E-state index in [9.17, 15) is 13.6 Å². The second kappa shape index (κ2) is 4.92. The number of halogens is 2. The van der Waals surface area contributed by atoms with Crippen LogP contribution in [0, 0.1) is 0 Å². The number of carboxylic acid groups (broad SMARTS) is 1. The molecule has 1 saturated heterocycles. The van der Waals surface area contributed by atoms with Gasteiger partial charge in [-0.05, 0) is 6.42 Å². The van der Waals surface area contributed by atoms with E-state index in [1.807, 2.05) is 0 Å². The second-order valence-corrected chi connectivity index (χ2v) is 4.10. The van der Waals surface area contributed by atoms with Crippen LogP contribution < -0.4 is 5.73 Å². The fraction of sp³-hybridized carbons (Fsp3) is 0.889. The Balaban J connectivity index is 2.47. The number of amides is 1. The average Bonchev–Trinajstić information content (AvgIpc) is 2.14. The van der Waals surface area contributed by atoms with Gasteiger partial charge in [0.05, 0.1) is 12.6 Å². The number of nitrogens with zero attached hydrogens (tertiary/aromatic N) is 1. The van der Waals surface area contributed by atoms with Crippen molar-refractivity contribution in [2.75, 3.05) is 19.7 Å². The highest BCUT2D eigenvalue weighted by atomic mass is 19.3. The fourth-order valence-electron chi connectivity index (χ4n) is 1.54. The Bertz CT molecular complexity index is 258. The number of hydrogen-bond acceptors (Lipinski definition) is 3. The van der Waals surface area contributed by atoms with Crippen LogP contribution in [0.3, 0.4) is 0 Å². The lowest BCUT2D eigenvalue weighted by molar-refractivity contribution is -0.103. The van der Waals surface area contributed by atoms with Crippen molar-refractivity contribution in [1.29, 1.82) is 0 Å². The van der Waals surface area contributed by atoms with Crippen molar-refractivity contribution in [3.05, 3.63) is 0 Å². The minimum absolute atomic E-state index is 0.0482. The topological polar surface area (TPSA) is 75.8 Å². The zero-order valence-corrected chi connectivity index (χ0v) is 9.03. The highest BCUT2D eigenvalue weighted by Gasteiger charge is 2.32. The van der Waals surface area contributed by atoms with Gasteiger partial charge >= 0.3 is 6.09 Å². The molecule has 0 spiro atoms. The predicted octanol–water partition coefficient (Wildman–Crippen LogP) is 0.738. The predicted molar refractivity (Wildman–Crippen MR) is 52.6 cm³/mol. The van der Waals surface area contributed by atoms with Crippen LogP contribution in [0.2, 0.25) is 0 Å². The lowest BCUT2D eigenvalue weighted by Gasteiger charge is -2.35. The molecule has 94 valence electrons. The largest absolute Gasteiger partial charge is 0.465 e. The quantitative estimate of drug-likeness (QED) is 0.760. The molecule has 0 aliphatic carbocycles. The third kappa shape index (κ3) is 3.90. The van der Waals surface area contributed by atoms with Crippen molar-refractivity contribution in [2.24, 2.45) is 5.73 Å². The lowest BCUT2D eigenvalue weighted by atomic mass is 10.0. The summed E-state index contributed by atoms with van der Waals surface area (Å²) < 4.78 is 30.1. The average molecular weight is 238 g/mol.